The summed E-state index contributed by atoms with van der Waals surface area (Å²) >= 11 is 0. The Balaban J connectivity index is 0.00000289. The molecule has 0 aliphatic carbocycles. The number of nitrogens with zero attached hydrogens (tertiary/aromatic N) is 1. The molecule has 3 N–H and O–H groups in total. The molecule has 0 aromatic heterocycles. The molecule has 0 heterocycles. The smallest absolute Gasteiger partial charge is 0.272 e. The second-order valence-corrected chi connectivity index (χ2v) is 3.87. The SMILES string of the molecule is Cc1cc(C(=O)N[C@H](C)CN)ccc1[N+](=O)[O-].Cl. The maximum absolute atomic E-state index is 11.7. The Kier molecular flexibility index (Phi) is 6.29. The number of halogens is 1. The van der Waals surface area contributed by atoms with Gasteiger partial charge in [0.1, 0.15) is 0 Å². The van der Waals surface area contributed by atoms with Crippen LogP contribution in [0.4, 0.5) is 5.69 Å². The maximum Gasteiger partial charge on any atom is 0.272 e. The van der Waals surface area contributed by atoms with Gasteiger partial charge in [-0.25, -0.2) is 0 Å². The molecule has 1 atom stereocenters. The summed E-state index contributed by atoms with van der Waals surface area (Å²) in [6, 6.07) is 4.13. The van der Waals surface area contributed by atoms with Gasteiger partial charge in [-0.3, -0.25) is 14.9 Å². The summed E-state index contributed by atoms with van der Waals surface area (Å²) in [5.41, 5.74) is 6.25. The molecule has 1 amide bonds. The van der Waals surface area contributed by atoms with E-state index >= 15 is 0 Å². The van der Waals surface area contributed by atoms with Gasteiger partial charge in [-0.05, 0) is 26.0 Å². The van der Waals surface area contributed by atoms with Gasteiger partial charge in [0.05, 0.1) is 4.92 Å². The Morgan fingerprint density at radius 3 is 2.61 bits per heavy atom. The van der Waals surface area contributed by atoms with Crippen molar-refractivity contribution >= 4 is 24.0 Å². The molecule has 1 aromatic rings. The second-order valence-electron chi connectivity index (χ2n) is 3.87. The number of nitrogens with two attached hydrogens (primary N) is 1. The van der Waals surface area contributed by atoms with Gasteiger partial charge in [0.2, 0.25) is 0 Å². The van der Waals surface area contributed by atoms with Crippen molar-refractivity contribution in [3.05, 3.63) is 39.4 Å². The number of carbonyl (C=O) groups is 1. The second kappa shape index (κ2) is 6.93. The lowest BCUT2D eigenvalue weighted by molar-refractivity contribution is -0.385. The molecule has 0 saturated heterocycles. The van der Waals surface area contributed by atoms with Crippen molar-refractivity contribution in [3.8, 4) is 0 Å². The topological polar surface area (TPSA) is 98.3 Å². The van der Waals surface area contributed by atoms with Crippen molar-refractivity contribution in [3.63, 3.8) is 0 Å². The van der Waals surface area contributed by atoms with E-state index in [9.17, 15) is 14.9 Å². The highest BCUT2D eigenvalue weighted by molar-refractivity contribution is 5.94. The van der Waals surface area contributed by atoms with Gasteiger partial charge in [0, 0.05) is 29.8 Å². The summed E-state index contributed by atoms with van der Waals surface area (Å²) in [6.45, 7) is 3.73. The summed E-state index contributed by atoms with van der Waals surface area (Å²) < 4.78 is 0. The molecule has 18 heavy (non-hydrogen) atoms. The number of nitro groups is 1. The molecule has 1 aromatic carbocycles. The standard InChI is InChI=1S/C11H15N3O3.ClH/c1-7-5-9(3-4-10(7)14(16)17)11(15)13-8(2)6-12;/h3-5,8H,6,12H2,1-2H3,(H,13,15);1H/t8-;/m1./s1. The first-order valence-electron chi connectivity index (χ1n) is 5.21. The molecule has 0 aliphatic rings. The van der Waals surface area contributed by atoms with Crippen molar-refractivity contribution in [1.29, 1.82) is 0 Å². The number of aryl methyl sites for hydroxylation is 1. The monoisotopic (exact) mass is 273 g/mol. The third-order valence-corrected chi connectivity index (χ3v) is 2.39. The Hall–Kier alpha value is -1.66. The minimum atomic E-state index is -0.473. The average Bonchev–Trinajstić information content (AvgIpc) is 2.28. The van der Waals surface area contributed by atoms with Gasteiger partial charge >= 0.3 is 0 Å². The number of nitrogens with one attached hydrogen (secondary N) is 1. The Bertz CT molecular complexity index is 451. The molecule has 1 rings (SSSR count). The average molecular weight is 274 g/mol. The number of hydrogen-bond donors (Lipinski definition) is 2. The highest BCUT2D eigenvalue weighted by Crippen LogP contribution is 2.18. The van der Waals surface area contributed by atoms with Crippen LogP contribution in [0.25, 0.3) is 0 Å². The number of carbonyl (C=O) groups excluding carboxylic acids is 1. The number of rotatable bonds is 4. The maximum atomic E-state index is 11.7. The largest absolute Gasteiger partial charge is 0.348 e. The van der Waals surface area contributed by atoms with E-state index in [2.05, 4.69) is 5.32 Å². The highest BCUT2D eigenvalue weighted by Gasteiger charge is 2.14. The number of amides is 1. The van der Waals surface area contributed by atoms with Crippen molar-refractivity contribution in [2.45, 2.75) is 19.9 Å². The van der Waals surface area contributed by atoms with Gasteiger partial charge in [0.15, 0.2) is 0 Å². The summed E-state index contributed by atoms with van der Waals surface area (Å²) in [5, 5.41) is 13.3. The first kappa shape index (κ1) is 16.3. The number of benzene rings is 1. The molecule has 0 bridgehead atoms. The molecule has 0 saturated carbocycles. The van der Waals surface area contributed by atoms with Crippen LogP contribution in [0.5, 0.6) is 0 Å². The van der Waals surface area contributed by atoms with E-state index in [4.69, 9.17) is 5.73 Å². The van der Waals surface area contributed by atoms with Crippen molar-refractivity contribution < 1.29 is 9.72 Å². The van der Waals surface area contributed by atoms with Crippen LogP contribution in [-0.4, -0.2) is 23.4 Å². The zero-order valence-electron chi connectivity index (χ0n) is 10.2. The summed E-state index contributed by atoms with van der Waals surface area (Å²) in [4.78, 5) is 21.9. The van der Waals surface area contributed by atoms with E-state index in [1.807, 2.05) is 0 Å². The van der Waals surface area contributed by atoms with Crippen LogP contribution in [-0.2, 0) is 0 Å². The van der Waals surface area contributed by atoms with E-state index in [0.29, 0.717) is 17.7 Å². The first-order valence-corrected chi connectivity index (χ1v) is 5.21. The molecular formula is C11H16ClN3O3. The Labute approximate surface area is 111 Å². The third-order valence-electron chi connectivity index (χ3n) is 2.39. The van der Waals surface area contributed by atoms with Crippen molar-refractivity contribution in [2.75, 3.05) is 6.54 Å². The number of nitro benzene ring substituents is 1. The Morgan fingerprint density at radius 2 is 2.17 bits per heavy atom. The van der Waals surface area contributed by atoms with E-state index < -0.39 is 4.92 Å². The van der Waals surface area contributed by atoms with Gasteiger partial charge in [-0.1, -0.05) is 0 Å². The van der Waals surface area contributed by atoms with E-state index in [-0.39, 0.29) is 30.0 Å². The molecule has 100 valence electrons. The third kappa shape index (κ3) is 3.97. The quantitative estimate of drug-likeness (QED) is 0.640. The van der Waals surface area contributed by atoms with E-state index in [0.717, 1.165) is 0 Å². The molecule has 6 nitrogen and oxygen atoms in total. The van der Waals surface area contributed by atoms with Crippen LogP contribution in [0, 0.1) is 17.0 Å². The van der Waals surface area contributed by atoms with Gasteiger partial charge in [-0.2, -0.15) is 0 Å². The van der Waals surface area contributed by atoms with E-state index in [1.54, 1.807) is 13.8 Å². The van der Waals surface area contributed by atoms with Crippen molar-refractivity contribution in [1.82, 2.24) is 5.32 Å². The van der Waals surface area contributed by atoms with Crippen LogP contribution in [0.15, 0.2) is 18.2 Å². The fraction of sp³-hybridized carbons (Fsp3) is 0.364. The minimum Gasteiger partial charge on any atom is -0.348 e. The van der Waals surface area contributed by atoms with E-state index in [1.165, 1.54) is 18.2 Å². The van der Waals surface area contributed by atoms with Gasteiger partial charge in [-0.15, -0.1) is 12.4 Å². The van der Waals surface area contributed by atoms with Crippen LogP contribution < -0.4 is 11.1 Å². The molecule has 0 fully saturated rings. The fourth-order valence-corrected chi connectivity index (χ4v) is 1.37. The zero-order valence-corrected chi connectivity index (χ0v) is 11.0. The van der Waals surface area contributed by atoms with Crippen LogP contribution in [0.3, 0.4) is 0 Å². The number of hydrogen-bond acceptors (Lipinski definition) is 4. The molecule has 0 unspecified atom stereocenters. The summed E-state index contributed by atoms with van der Waals surface area (Å²) in [7, 11) is 0. The predicted molar refractivity (Wildman–Crippen MR) is 71.1 cm³/mol. The lowest BCUT2D eigenvalue weighted by Gasteiger charge is -2.11. The van der Waals surface area contributed by atoms with Crippen LogP contribution in [0.1, 0.15) is 22.8 Å². The van der Waals surface area contributed by atoms with Crippen LogP contribution >= 0.6 is 12.4 Å². The lowest BCUT2D eigenvalue weighted by Crippen LogP contribution is -2.37. The minimum absolute atomic E-state index is 0. The molecule has 0 radical (unpaired) electrons. The van der Waals surface area contributed by atoms with Gasteiger partial charge in [0.25, 0.3) is 11.6 Å². The normalized spacial score (nSPS) is 11.3. The first-order chi connectivity index (χ1) is 7.95. The van der Waals surface area contributed by atoms with Crippen LogP contribution in [0.2, 0.25) is 0 Å². The zero-order chi connectivity index (χ0) is 13.0. The van der Waals surface area contributed by atoms with Crippen molar-refractivity contribution in [2.24, 2.45) is 5.73 Å². The molecular weight excluding hydrogens is 258 g/mol. The predicted octanol–water partition coefficient (Wildman–Crippen LogP) is 1.40. The Morgan fingerprint density at radius 1 is 1.56 bits per heavy atom. The fourth-order valence-electron chi connectivity index (χ4n) is 1.37. The summed E-state index contributed by atoms with van der Waals surface area (Å²) in [6.07, 6.45) is 0. The molecule has 0 aliphatic heterocycles. The highest BCUT2D eigenvalue weighted by atomic mass is 35.5. The molecule has 0 spiro atoms. The molecule has 7 heteroatoms. The lowest BCUT2D eigenvalue weighted by atomic mass is 10.1. The van der Waals surface area contributed by atoms with Gasteiger partial charge < -0.3 is 11.1 Å². The summed E-state index contributed by atoms with van der Waals surface area (Å²) in [5.74, 6) is -0.277.